The predicted molar refractivity (Wildman–Crippen MR) is 95.2 cm³/mol. The number of ether oxygens (including phenoxy) is 2. The minimum Gasteiger partial charge on any atom is -0.436 e. The molecular weight excluding hydrogens is 368 g/mol. The quantitative estimate of drug-likeness (QED) is 0.713. The lowest BCUT2D eigenvalue weighted by Gasteiger charge is -2.12. The molecule has 140 valence electrons. The van der Waals surface area contributed by atoms with Crippen LogP contribution in [0, 0.1) is 29.9 Å². The minimum atomic E-state index is -1.01. The second-order valence-corrected chi connectivity index (χ2v) is 5.71. The number of hydrogen-bond acceptors (Lipinski definition) is 5. The van der Waals surface area contributed by atoms with Crippen LogP contribution in [0.15, 0.2) is 48.5 Å². The van der Waals surface area contributed by atoms with E-state index in [-0.39, 0.29) is 22.6 Å². The van der Waals surface area contributed by atoms with Crippen molar-refractivity contribution < 1.29 is 23.0 Å². The van der Waals surface area contributed by atoms with Crippen molar-refractivity contribution in [2.45, 2.75) is 6.92 Å². The standard InChI is InChI=1S/C20H13F2N3O3/c1-11-16(21)19(27-14-6-2-4-12(8-14)10-23)25-20(17(11)22)28-15-7-3-5-13(9-15)18(24)26/h2-9H,1H3,(H2,24,26). The Bertz CT molecular complexity index is 1110. The first-order chi connectivity index (χ1) is 13.4. The van der Waals surface area contributed by atoms with Gasteiger partial charge < -0.3 is 15.2 Å². The highest BCUT2D eigenvalue weighted by Crippen LogP contribution is 2.33. The molecule has 0 aliphatic carbocycles. The van der Waals surface area contributed by atoms with E-state index in [1.54, 1.807) is 12.1 Å². The van der Waals surface area contributed by atoms with E-state index in [0.29, 0.717) is 5.56 Å². The summed E-state index contributed by atoms with van der Waals surface area (Å²) in [5.74, 6) is -3.51. The molecule has 8 heteroatoms. The first kappa shape index (κ1) is 18.8. The smallest absolute Gasteiger partial charge is 0.259 e. The first-order valence-electron chi connectivity index (χ1n) is 8.00. The van der Waals surface area contributed by atoms with Gasteiger partial charge in [0.2, 0.25) is 5.91 Å². The maximum Gasteiger partial charge on any atom is 0.259 e. The van der Waals surface area contributed by atoms with Gasteiger partial charge in [0.1, 0.15) is 11.5 Å². The Hall–Kier alpha value is -3.99. The molecular formula is C20H13F2N3O3. The fourth-order valence-corrected chi connectivity index (χ4v) is 2.31. The van der Waals surface area contributed by atoms with E-state index >= 15 is 0 Å². The molecule has 1 heterocycles. The molecule has 0 aliphatic heterocycles. The SMILES string of the molecule is Cc1c(F)c(Oc2cccc(C#N)c2)nc(Oc2cccc(C(N)=O)c2)c1F. The van der Waals surface area contributed by atoms with Crippen molar-refractivity contribution in [2.75, 3.05) is 0 Å². The maximum absolute atomic E-state index is 14.4. The Morgan fingerprint density at radius 2 is 1.61 bits per heavy atom. The Labute approximate surface area is 158 Å². The van der Waals surface area contributed by atoms with Gasteiger partial charge in [0.15, 0.2) is 11.6 Å². The van der Waals surface area contributed by atoms with Gasteiger partial charge in [-0.3, -0.25) is 4.79 Å². The van der Waals surface area contributed by atoms with Gasteiger partial charge in [-0.25, -0.2) is 8.78 Å². The maximum atomic E-state index is 14.4. The molecule has 0 saturated carbocycles. The molecule has 0 unspecified atom stereocenters. The molecule has 2 aromatic carbocycles. The fourth-order valence-electron chi connectivity index (χ4n) is 2.31. The van der Waals surface area contributed by atoms with Gasteiger partial charge in [0.25, 0.3) is 11.8 Å². The van der Waals surface area contributed by atoms with Crippen LogP contribution in [0.4, 0.5) is 8.78 Å². The third kappa shape index (κ3) is 3.88. The average molecular weight is 381 g/mol. The molecule has 28 heavy (non-hydrogen) atoms. The summed E-state index contributed by atoms with van der Waals surface area (Å²) in [6.45, 7) is 1.21. The summed E-state index contributed by atoms with van der Waals surface area (Å²) >= 11 is 0. The zero-order valence-electron chi connectivity index (χ0n) is 14.6. The van der Waals surface area contributed by atoms with E-state index in [9.17, 15) is 13.6 Å². The zero-order valence-corrected chi connectivity index (χ0v) is 14.6. The van der Waals surface area contributed by atoms with E-state index in [1.165, 1.54) is 43.3 Å². The summed E-state index contributed by atoms with van der Waals surface area (Å²) < 4.78 is 39.6. The van der Waals surface area contributed by atoms with Crippen LogP contribution in [0.3, 0.4) is 0 Å². The van der Waals surface area contributed by atoms with Gasteiger partial charge in [-0.2, -0.15) is 10.2 Å². The predicted octanol–water partition coefficient (Wildman–Crippen LogP) is 4.22. The van der Waals surface area contributed by atoms with E-state index in [4.69, 9.17) is 20.5 Å². The van der Waals surface area contributed by atoms with Crippen LogP contribution in [-0.4, -0.2) is 10.9 Å². The molecule has 0 saturated heterocycles. The fraction of sp³-hybridized carbons (Fsp3) is 0.0500. The molecule has 0 radical (unpaired) electrons. The number of rotatable bonds is 5. The number of hydrogen-bond donors (Lipinski definition) is 1. The second-order valence-electron chi connectivity index (χ2n) is 5.71. The monoisotopic (exact) mass is 381 g/mol. The third-order valence-electron chi connectivity index (χ3n) is 3.75. The number of nitrogens with zero attached hydrogens (tertiary/aromatic N) is 2. The molecule has 0 fully saturated rings. The lowest BCUT2D eigenvalue weighted by Crippen LogP contribution is -2.10. The molecule has 3 aromatic rings. The Kier molecular flexibility index (Phi) is 5.18. The van der Waals surface area contributed by atoms with Gasteiger partial charge in [-0.1, -0.05) is 12.1 Å². The highest BCUT2D eigenvalue weighted by molar-refractivity contribution is 5.93. The highest BCUT2D eigenvalue weighted by atomic mass is 19.1. The number of primary amides is 1. The van der Waals surface area contributed by atoms with Crippen LogP contribution in [-0.2, 0) is 0 Å². The lowest BCUT2D eigenvalue weighted by molar-refractivity contribution is 0.1000. The van der Waals surface area contributed by atoms with Crippen LogP contribution in [0.2, 0.25) is 0 Å². The molecule has 0 atom stereocenters. The van der Waals surface area contributed by atoms with Gasteiger partial charge in [0, 0.05) is 11.1 Å². The number of carbonyl (C=O) groups excluding carboxylic acids is 1. The van der Waals surface area contributed by atoms with Crippen LogP contribution < -0.4 is 15.2 Å². The molecule has 0 aliphatic rings. The topological polar surface area (TPSA) is 98.2 Å². The van der Waals surface area contributed by atoms with Crippen molar-refractivity contribution in [3.63, 3.8) is 0 Å². The first-order valence-corrected chi connectivity index (χ1v) is 8.00. The lowest BCUT2D eigenvalue weighted by atomic mass is 10.2. The van der Waals surface area contributed by atoms with Gasteiger partial charge >= 0.3 is 0 Å². The molecule has 2 N–H and O–H groups in total. The molecule has 0 bridgehead atoms. The zero-order chi connectivity index (χ0) is 20.3. The summed E-state index contributed by atoms with van der Waals surface area (Å²) in [5, 5.41) is 8.94. The number of pyridine rings is 1. The number of aromatic nitrogens is 1. The summed E-state index contributed by atoms with van der Waals surface area (Å²) in [7, 11) is 0. The van der Waals surface area contributed by atoms with Gasteiger partial charge in [-0.15, -0.1) is 0 Å². The number of carbonyl (C=O) groups is 1. The summed E-state index contributed by atoms with van der Waals surface area (Å²) in [4.78, 5) is 15.0. The highest BCUT2D eigenvalue weighted by Gasteiger charge is 2.21. The van der Waals surface area contributed by atoms with Crippen molar-refractivity contribution in [1.82, 2.24) is 4.98 Å². The average Bonchev–Trinajstić information content (AvgIpc) is 2.70. The van der Waals surface area contributed by atoms with Gasteiger partial charge in [0.05, 0.1) is 11.6 Å². The van der Waals surface area contributed by atoms with Crippen LogP contribution in [0.1, 0.15) is 21.5 Å². The number of amides is 1. The molecule has 3 rings (SSSR count). The Morgan fingerprint density at radius 1 is 1.04 bits per heavy atom. The van der Waals surface area contributed by atoms with Crippen molar-refractivity contribution in [3.05, 3.63) is 76.9 Å². The van der Waals surface area contributed by atoms with Crippen LogP contribution in [0.25, 0.3) is 0 Å². The summed E-state index contributed by atoms with van der Waals surface area (Å²) in [6.07, 6.45) is 0. The number of nitriles is 1. The van der Waals surface area contributed by atoms with E-state index < -0.39 is 29.3 Å². The normalized spacial score (nSPS) is 10.2. The van der Waals surface area contributed by atoms with Crippen molar-refractivity contribution >= 4 is 5.91 Å². The van der Waals surface area contributed by atoms with Gasteiger partial charge in [-0.05, 0) is 43.3 Å². The summed E-state index contributed by atoms with van der Waals surface area (Å²) in [6, 6.07) is 13.6. The third-order valence-corrected chi connectivity index (χ3v) is 3.75. The van der Waals surface area contributed by atoms with E-state index in [2.05, 4.69) is 4.98 Å². The Morgan fingerprint density at radius 3 is 2.18 bits per heavy atom. The van der Waals surface area contributed by atoms with Crippen LogP contribution in [0.5, 0.6) is 23.3 Å². The summed E-state index contributed by atoms with van der Waals surface area (Å²) in [5.41, 5.74) is 5.30. The number of benzene rings is 2. The van der Waals surface area contributed by atoms with Crippen molar-refractivity contribution in [3.8, 4) is 29.3 Å². The van der Waals surface area contributed by atoms with E-state index in [1.807, 2.05) is 6.07 Å². The van der Waals surface area contributed by atoms with Crippen LogP contribution >= 0.6 is 0 Å². The molecule has 1 amide bonds. The molecule has 0 spiro atoms. The molecule has 1 aromatic heterocycles. The largest absolute Gasteiger partial charge is 0.436 e. The minimum absolute atomic E-state index is 0.0890. The Balaban J connectivity index is 1.97. The number of halogens is 2. The molecule has 6 nitrogen and oxygen atoms in total. The van der Waals surface area contributed by atoms with Crippen molar-refractivity contribution in [1.29, 1.82) is 5.26 Å². The second kappa shape index (κ2) is 7.72. The number of nitrogens with two attached hydrogens (primary N) is 1. The van der Waals surface area contributed by atoms with E-state index in [0.717, 1.165) is 0 Å². The van der Waals surface area contributed by atoms with Crippen molar-refractivity contribution in [2.24, 2.45) is 5.73 Å².